The molecule has 2 aromatic heterocycles. The molecule has 7 nitrogen and oxygen atoms in total. The minimum atomic E-state index is 0.348. The van der Waals surface area contributed by atoms with Gasteiger partial charge in [0.2, 0.25) is 0 Å². The number of rotatable bonds is 9. The maximum absolute atomic E-state index is 6.17. The number of anilines is 2. The van der Waals surface area contributed by atoms with Gasteiger partial charge in [0.15, 0.2) is 0 Å². The Kier molecular flexibility index (Phi) is 7.37. The number of ether oxygens (including phenoxy) is 2. The van der Waals surface area contributed by atoms with Gasteiger partial charge in [-0.3, -0.25) is 0 Å². The summed E-state index contributed by atoms with van der Waals surface area (Å²) in [5.41, 5.74) is 4.76. The smallest absolute Gasteiger partial charge is 0.141 e. The van der Waals surface area contributed by atoms with Gasteiger partial charge in [-0.15, -0.1) is 0 Å². The van der Waals surface area contributed by atoms with Gasteiger partial charge >= 0.3 is 0 Å². The Hall–Kier alpha value is -3.91. The summed E-state index contributed by atoms with van der Waals surface area (Å²) in [5.74, 6) is 4.26. The SMILES string of the molecule is C/C=S(/C)CCCOc1ccc2ncnc(Nc3ccc(Oc4ccc5c(c4)ncn5C)c(C)c3)c2c1. The summed E-state index contributed by atoms with van der Waals surface area (Å²) in [5, 5.41) is 6.62. The molecular weight excluding hydrogens is 482 g/mol. The predicted octanol–water partition coefficient (Wildman–Crippen LogP) is 6.85. The van der Waals surface area contributed by atoms with Crippen LogP contribution in [0.25, 0.3) is 21.9 Å². The molecule has 0 aliphatic carbocycles. The third-order valence-electron chi connectivity index (χ3n) is 6.25. The molecule has 1 unspecified atom stereocenters. The fraction of sp³-hybridized carbons (Fsp3) is 0.241. The van der Waals surface area contributed by atoms with Crippen molar-refractivity contribution in [3.8, 4) is 17.2 Å². The highest BCUT2D eigenvalue weighted by atomic mass is 32.2. The summed E-state index contributed by atoms with van der Waals surface area (Å²) in [4.78, 5) is 13.3. The number of imidazole rings is 1. The van der Waals surface area contributed by atoms with E-state index in [1.165, 1.54) is 0 Å². The Morgan fingerprint density at radius 1 is 0.973 bits per heavy atom. The van der Waals surface area contributed by atoms with Gasteiger partial charge in [-0.25, -0.2) is 15.0 Å². The first-order valence-corrected chi connectivity index (χ1v) is 14.1. The van der Waals surface area contributed by atoms with Gasteiger partial charge in [0.05, 0.1) is 29.5 Å². The van der Waals surface area contributed by atoms with Gasteiger partial charge in [0, 0.05) is 24.2 Å². The van der Waals surface area contributed by atoms with E-state index in [2.05, 4.69) is 44.9 Å². The highest BCUT2D eigenvalue weighted by Crippen LogP contribution is 2.31. The first-order chi connectivity index (χ1) is 18.0. The van der Waals surface area contributed by atoms with E-state index >= 15 is 0 Å². The normalized spacial score (nSPS) is 12.2. The molecule has 0 saturated carbocycles. The summed E-state index contributed by atoms with van der Waals surface area (Å²) >= 11 is 0. The molecule has 0 aliphatic heterocycles. The quantitative estimate of drug-likeness (QED) is 0.172. The van der Waals surface area contributed by atoms with Crippen molar-refractivity contribution in [3.05, 3.63) is 72.8 Å². The highest BCUT2D eigenvalue weighted by molar-refractivity contribution is 8.14. The van der Waals surface area contributed by atoms with Gasteiger partial charge in [-0.1, -0.05) is 5.37 Å². The van der Waals surface area contributed by atoms with E-state index < -0.39 is 0 Å². The number of hydrogen-bond donors (Lipinski definition) is 1. The van der Waals surface area contributed by atoms with Gasteiger partial charge in [-0.05, 0) is 86.4 Å². The van der Waals surface area contributed by atoms with Gasteiger partial charge in [0.1, 0.15) is 29.4 Å². The van der Waals surface area contributed by atoms with Crippen molar-refractivity contribution >= 4 is 49.3 Å². The average Bonchev–Trinajstić information content (AvgIpc) is 3.28. The topological polar surface area (TPSA) is 74.1 Å². The predicted molar refractivity (Wildman–Crippen MR) is 155 cm³/mol. The summed E-state index contributed by atoms with van der Waals surface area (Å²) in [7, 11) is 2.33. The monoisotopic (exact) mass is 513 g/mol. The van der Waals surface area contributed by atoms with E-state index in [0.717, 1.165) is 68.4 Å². The number of hydrogen-bond acceptors (Lipinski definition) is 6. The van der Waals surface area contributed by atoms with Crippen LogP contribution in [0.15, 0.2) is 67.3 Å². The molecule has 0 saturated heterocycles. The summed E-state index contributed by atoms with van der Waals surface area (Å²) in [6, 6.07) is 17.9. The second-order valence-corrected chi connectivity index (χ2v) is 11.2. The third kappa shape index (κ3) is 5.75. The molecule has 0 spiro atoms. The molecule has 1 N–H and O–H groups in total. The Morgan fingerprint density at radius 3 is 2.68 bits per heavy atom. The number of aromatic nitrogens is 4. The first kappa shape index (κ1) is 24.8. The lowest BCUT2D eigenvalue weighted by molar-refractivity contribution is 0.319. The van der Waals surface area contributed by atoms with Crippen molar-refractivity contribution in [2.75, 3.05) is 23.9 Å². The third-order valence-corrected chi connectivity index (χ3v) is 7.99. The lowest BCUT2D eigenvalue weighted by Crippen LogP contribution is -2.01. The molecule has 0 amide bonds. The lowest BCUT2D eigenvalue weighted by Gasteiger charge is -2.13. The van der Waals surface area contributed by atoms with Crippen LogP contribution in [0.1, 0.15) is 18.9 Å². The van der Waals surface area contributed by atoms with Gasteiger partial charge < -0.3 is 19.4 Å². The standard InChI is InChI=1S/C29H31N5O2S/c1-5-37(4)14-6-13-35-22-8-10-25-24(16-22)29(31-18-30-25)33-21-7-12-28(20(2)15-21)36-23-9-11-27-26(17-23)32-19-34(27)3/h5,7-12,15-19H,6,13-14H2,1-4H3,(H,30,31,33). The molecule has 8 heteroatoms. The minimum absolute atomic E-state index is 0.348. The molecule has 1 atom stereocenters. The second-order valence-electron chi connectivity index (χ2n) is 8.95. The van der Waals surface area contributed by atoms with Crippen molar-refractivity contribution in [3.63, 3.8) is 0 Å². The van der Waals surface area contributed by atoms with E-state index in [-0.39, 0.29) is 0 Å². The van der Waals surface area contributed by atoms with Crippen LogP contribution in [0.4, 0.5) is 11.5 Å². The van der Waals surface area contributed by atoms with Crippen molar-refractivity contribution in [1.29, 1.82) is 0 Å². The Morgan fingerprint density at radius 2 is 1.84 bits per heavy atom. The molecule has 0 bridgehead atoms. The highest BCUT2D eigenvalue weighted by Gasteiger charge is 2.09. The first-order valence-electron chi connectivity index (χ1n) is 12.2. The number of nitrogens with zero attached hydrogens (tertiary/aromatic N) is 4. The molecule has 3 aromatic carbocycles. The van der Waals surface area contributed by atoms with Crippen LogP contribution < -0.4 is 14.8 Å². The van der Waals surface area contributed by atoms with Crippen LogP contribution in [0.3, 0.4) is 0 Å². The van der Waals surface area contributed by atoms with Gasteiger partial charge in [0.25, 0.3) is 0 Å². The molecule has 37 heavy (non-hydrogen) atoms. The summed E-state index contributed by atoms with van der Waals surface area (Å²) in [6.07, 6.45) is 6.67. The van der Waals surface area contributed by atoms with Crippen LogP contribution in [0.5, 0.6) is 17.2 Å². The van der Waals surface area contributed by atoms with Crippen molar-refractivity contribution in [1.82, 2.24) is 19.5 Å². The van der Waals surface area contributed by atoms with Crippen LogP contribution in [-0.2, 0) is 7.05 Å². The molecule has 5 rings (SSSR count). The Balaban J connectivity index is 1.31. The largest absolute Gasteiger partial charge is 0.494 e. The number of nitrogens with one attached hydrogen (secondary N) is 1. The van der Waals surface area contributed by atoms with Crippen LogP contribution in [-0.4, -0.2) is 43.5 Å². The molecule has 0 radical (unpaired) electrons. The number of benzene rings is 3. The second kappa shape index (κ2) is 11.0. The van der Waals surface area contributed by atoms with E-state index in [1.54, 1.807) is 12.7 Å². The summed E-state index contributed by atoms with van der Waals surface area (Å²) in [6.45, 7) is 4.84. The maximum Gasteiger partial charge on any atom is 0.141 e. The lowest BCUT2D eigenvalue weighted by atomic mass is 10.2. The molecule has 5 aromatic rings. The van der Waals surface area contributed by atoms with Crippen LogP contribution in [0.2, 0.25) is 0 Å². The minimum Gasteiger partial charge on any atom is -0.494 e. The molecule has 2 heterocycles. The fourth-order valence-corrected chi connectivity index (χ4v) is 4.91. The zero-order valence-electron chi connectivity index (χ0n) is 21.6. The van der Waals surface area contributed by atoms with Crippen molar-refractivity contribution < 1.29 is 9.47 Å². The number of aryl methyl sites for hydroxylation is 2. The molecular formula is C29H31N5O2S. The van der Waals surface area contributed by atoms with Crippen molar-refractivity contribution in [2.45, 2.75) is 20.3 Å². The zero-order chi connectivity index (χ0) is 25.8. The average molecular weight is 514 g/mol. The van der Waals surface area contributed by atoms with E-state index in [9.17, 15) is 0 Å². The molecule has 0 fully saturated rings. The Bertz CT molecular complexity index is 1590. The fourth-order valence-electron chi connectivity index (χ4n) is 4.10. The van der Waals surface area contributed by atoms with E-state index in [1.807, 2.05) is 67.1 Å². The molecule has 190 valence electrons. The number of fused-ring (bicyclic) bond motifs is 2. The summed E-state index contributed by atoms with van der Waals surface area (Å²) < 4.78 is 14.2. The van der Waals surface area contributed by atoms with Crippen LogP contribution in [0, 0.1) is 6.92 Å². The zero-order valence-corrected chi connectivity index (χ0v) is 22.4. The van der Waals surface area contributed by atoms with E-state index in [4.69, 9.17) is 9.47 Å². The van der Waals surface area contributed by atoms with Crippen LogP contribution >= 0.6 is 10.5 Å². The Labute approximate surface area is 219 Å². The molecule has 0 aliphatic rings. The maximum atomic E-state index is 6.17. The van der Waals surface area contributed by atoms with Gasteiger partial charge in [-0.2, -0.15) is 10.5 Å². The van der Waals surface area contributed by atoms with Crippen molar-refractivity contribution in [2.24, 2.45) is 7.05 Å². The van der Waals surface area contributed by atoms with E-state index in [0.29, 0.717) is 17.1 Å².